The largest absolute Gasteiger partial charge is 0.411 e. The molecule has 3 nitrogen and oxygen atoms in total. The van der Waals surface area contributed by atoms with Crippen molar-refractivity contribution in [1.29, 1.82) is 0 Å². The molecule has 2 unspecified atom stereocenters. The summed E-state index contributed by atoms with van der Waals surface area (Å²) in [7, 11) is 0. The number of alkyl halides is 3. The molecular weight excluding hydrogens is 269 g/mol. The summed E-state index contributed by atoms with van der Waals surface area (Å²) in [5.74, 6) is 1.44. The second-order valence-corrected chi connectivity index (χ2v) is 4.94. The number of likely N-dealkylation sites (tertiary alicyclic amines) is 1. The molecule has 2 heterocycles. The summed E-state index contributed by atoms with van der Waals surface area (Å²) in [5, 5.41) is 3.37. The zero-order chi connectivity index (χ0) is 12.3. The Hall–Kier alpha value is -0.0400. The van der Waals surface area contributed by atoms with E-state index < -0.39 is 12.8 Å². The van der Waals surface area contributed by atoms with Gasteiger partial charge >= 0.3 is 6.18 Å². The van der Waals surface area contributed by atoms with Crippen LogP contribution in [-0.4, -0.2) is 57.0 Å². The fourth-order valence-corrected chi connectivity index (χ4v) is 2.69. The minimum Gasteiger partial charge on any atom is -0.371 e. The topological polar surface area (TPSA) is 24.5 Å². The van der Waals surface area contributed by atoms with Crippen LogP contribution in [0, 0.1) is 11.8 Å². The fourth-order valence-electron chi connectivity index (χ4n) is 2.69. The second kappa shape index (κ2) is 6.93. The molecule has 2 aliphatic rings. The van der Waals surface area contributed by atoms with Gasteiger partial charge in [0, 0.05) is 13.1 Å². The van der Waals surface area contributed by atoms with Gasteiger partial charge in [-0.1, -0.05) is 0 Å². The number of ether oxygens (including phenoxy) is 1. The molecule has 7 heteroatoms. The average molecular weight is 289 g/mol. The minimum absolute atomic E-state index is 0. The molecule has 2 saturated heterocycles. The van der Waals surface area contributed by atoms with E-state index in [0.717, 1.165) is 38.5 Å². The van der Waals surface area contributed by atoms with Crippen LogP contribution in [0.5, 0.6) is 0 Å². The normalized spacial score (nSPS) is 28.8. The molecule has 108 valence electrons. The van der Waals surface area contributed by atoms with E-state index in [9.17, 15) is 13.2 Å². The van der Waals surface area contributed by atoms with E-state index in [0.29, 0.717) is 12.5 Å². The molecular formula is C11H20ClF3N2O. The lowest BCUT2D eigenvalue weighted by Gasteiger charge is -2.34. The molecule has 0 saturated carbocycles. The molecule has 0 radical (unpaired) electrons. The van der Waals surface area contributed by atoms with E-state index in [-0.39, 0.29) is 19.0 Å². The number of rotatable bonds is 4. The molecule has 2 rings (SSSR count). The van der Waals surface area contributed by atoms with Crippen molar-refractivity contribution in [2.24, 2.45) is 11.8 Å². The fraction of sp³-hybridized carbons (Fsp3) is 1.00. The van der Waals surface area contributed by atoms with Gasteiger partial charge in [-0.2, -0.15) is 13.2 Å². The van der Waals surface area contributed by atoms with Crippen LogP contribution in [0.1, 0.15) is 6.42 Å². The average Bonchev–Trinajstić information content (AvgIpc) is 2.70. The summed E-state index contributed by atoms with van der Waals surface area (Å²) in [6.07, 6.45) is -3.06. The maximum Gasteiger partial charge on any atom is 0.411 e. The highest BCUT2D eigenvalue weighted by atomic mass is 35.5. The first kappa shape index (κ1) is 16.0. The van der Waals surface area contributed by atoms with Gasteiger partial charge in [0.2, 0.25) is 0 Å². The van der Waals surface area contributed by atoms with Crippen molar-refractivity contribution in [3.05, 3.63) is 0 Å². The van der Waals surface area contributed by atoms with Crippen LogP contribution < -0.4 is 5.32 Å². The van der Waals surface area contributed by atoms with Gasteiger partial charge in [-0.3, -0.25) is 0 Å². The van der Waals surface area contributed by atoms with Gasteiger partial charge in [0.25, 0.3) is 0 Å². The van der Waals surface area contributed by atoms with Gasteiger partial charge < -0.3 is 15.0 Å². The third kappa shape index (κ3) is 4.91. The van der Waals surface area contributed by atoms with Gasteiger partial charge in [-0.25, -0.2) is 0 Å². The van der Waals surface area contributed by atoms with E-state index >= 15 is 0 Å². The highest BCUT2D eigenvalue weighted by molar-refractivity contribution is 5.85. The number of halogens is 4. The van der Waals surface area contributed by atoms with Crippen molar-refractivity contribution < 1.29 is 17.9 Å². The molecule has 0 aliphatic carbocycles. The standard InChI is InChI=1S/C11H19F3N2O.ClH/c12-11(13,14)8-17-4-3-16-2-1-9-5-15-6-10(9)7-16;/h9-10,15H,1-8H2;1H. The van der Waals surface area contributed by atoms with E-state index in [2.05, 4.69) is 15.0 Å². The summed E-state index contributed by atoms with van der Waals surface area (Å²) < 4.78 is 40.2. The molecule has 0 aromatic heterocycles. The van der Waals surface area contributed by atoms with Crippen molar-refractivity contribution in [1.82, 2.24) is 10.2 Å². The first-order valence-corrected chi connectivity index (χ1v) is 6.12. The lowest BCUT2D eigenvalue weighted by atomic mass is 9.89. The maximum absolute atomic E-state index is 11.9. The van der Waals surface area contributed by atoms with E-state index in [1.54, 1.807) is 0 Å². The number of hydrogen-bond donors (Lipinski definition) is 1. The Morgan fingerprint density at radius 1 is 1.22 bits per heavy atom. The van der Waals surface area contributed by atoms with Crippen LogP contribution in [0.3, 0.4) is 0 Å². The summed E-state index contributed by atoms with van der Waals surface area (Å²) >= 11 is 0. The van der Waals surface area contributed by atoms with Gasteiger partial charge in [0.15, 0.2) is 0 Å². The van der Waals surface area contributed by atoms with Crippen molar-refractivity contribution in [3.8, 4) is 0 Å². The van der Waals surface area contributed by atoms with Crippen LogP contribution in [0.25, 0.3) is 0 Å². The molecule has 18 heavy (non-hydrogen) atoms. The van der Waals surface area contributed by atoms with Crippen LogP contribution in [0.15, 0.2) is 0 Å². The number of piperidine rings is 1. The number of nitrogens with one attached hydrogen (secondary N) is 1. The minimum atomic E-state index is -4.21. The zero-order valence-electron chi connectivity index (χ0n) is 10.2. The van der Waals surface area contributed by atoms with Gasteiger partial charge in [0.05, 0.1) is 6.61 Å². The smallest absolute Gasteiger partial charge is 0.371 e. The lowest BCUT2D eigenvalue weighted by Crippen LogP contribution is -2.41. The van der Waals surface area contributed by atoms with E-state index in [1.807, 2.05) is 0 Å². The van der Waals surface area contributed by atoms with Crippen molar-refractivity contribution >= 4 is 12.4 Å². The lowest BCUT2D eigenvalue weighted by molar-refractivity contribution is -0.174. The van der Waals surface area contributed by atoms with E-state index in [4.69, 9.17) is 0 Å². The van der Waals surface area contributed by atoms with Crippen LogP contribution in [0.2, 0.25) is 0 Å². The quantitative estimate of drug-likeness (QED) is 0.794. The van der Waals surface area contributed by atoms with Crippen molar-refractivity contribution in [2.45, 2.75) is 12.6 Å². The van der Waals surface area contributed by atoms with Gasteiger partial charge in [-0.15, -0.1) is 12.4 Å². The first-order valence-electron chi connectivity index (χ1n) is 6.12. The summed E-state index contributed by atoms with van der Waals surface area (Å²) in [6, 6.07) is 0. The van der Waals surface area contributed by atoms with Crippen LogP contribution in [0.4, 0.5) is 13.2 Å². The molecule has 2 aliphatic heterocycles. The molecule has 0 aromatic rings. The predicted octanol–water partition coefficient (Wildman–Crippen LogP) is 1.53. The van der Waals surface area contributed by atoms with Crippen molar-refractivity contribution in [2.75, 3.05) is 45.9 Å². The Bertz CT molecular complexity index is 253. The van der Waals surface area contributed by atoms with Crippen LogP contribution in [-0.2, 0) is 4.74 Å². The summed E-state index contributed by atoms with van der Waals surface area (Å²) in [4.78, 5) is 2.21. The molecule has 0 amide bonds. The van der Waals surface area contributed by atoms with E-state index in [1.165, 1.54) is 0 Å². The monoisotopic (exact) mass is 288 g/mol. The Morgan fingerprint density at radius 3 is 2.67 bits per heavy atom. The summed E-state index contributed by atoms with van der Waals surface area (Å²) in [6.45, 7) is 3.77. The Kier molecular flexibility index (Phi) is 6.17. The Labute approximate surface area is 111 Å². The number of hydrogen-bond acceptors (Lipinski definition) is 3. The third-order valence-corrected chi connectivity index (χ3v) is 3.61. The maximum atomic E-state index is 11.9. The van der Waals surface area contributed by atoms with Crippen molar-refractivity contribution in [3.63, 3.8) is 0 Å². The zero-order valence-corrected chi connectivity index (χ0v) is 11.0. The van der Waals surface area contributed by atoms with Gasteiger partial charge in [-0.05, 0) is 37.9 Å². The molecule has 0 aromatic carbocycles. The highest BCUT2D eigenvalue weighted by Crippen LogP contribution is 2.26. The first-order chi connectivity index (χ1) is 8.04. The second-order valence-electron chi connectivity index (χ2n) is 4.94. The van der Waals surface area contributed by atoms with Crippen LogP contribution >= 0.6 is 12.4 Å². The predicted molar refractivity (Wildman–Crippen MR) is 65.0 cm³/mol. The molecule has 1 N–H and O–H groups in total. The molecule has 2 atom stereocenters. The molecule has 2 fully saturated rings. The summed E-state index contributed by atoms with van der Waals surface area (Å²) in [5.41, 5.74) is 0. The number of fused-ring (bicyclic) bond motifs is 1. The van der Waals surface area contributed by atoms with Gasteiger partial charge in [0.1, 0.15) is 6.61 Å². The Morgan fingerprint density at radius 2 is 1.94 bits per heavy atom. The SMILES string of the molecule is Cl.FC(F)(F)COCCN1CCC2CNCC2C1. The Balaban J connectivity index is 0.00000162. The number of nitrogens with zero attached hydrogens (tertiary/aromatic N) is 1. The third-order valence-electron chi connectivity index (χ3n) is 3.61. The molecule has 0 spiro atoms. The highest BCUT2D eigenvalue weighted by Gasteiger charge is 2.32. The molecule has 0 bridgehead atoms.